The molecule has 24 heavy (non-hydrogen) atoms. The molecule has 0 saturated carbocycles. The summed E-state index contributed by atoms with van der Waals surface area (Å²) in [5.41, 5.74) is 1.11. The van der Waals surface area contributed by atoms with Crippen molar-refractivity contribution in [1.82, 2.24) is 15.5 Å². The Labute approximate surface area is 144 Å². The normalized spacial score (nSPS) is 17.0. The van der Waals surface area contributed by atoms with E-state index in [0.29, 0.717) is 13.1 Å². The molecule has 5 nitrogen and oxygen atoms in total. The first kappa shape index (κ1) is 18.2. The highest BCUT2D eigenvalue weighted by Gasteiger charge is 2.29. The van der Waals surface area contributed by atoms with Gasteiger partial charge in [0.25, 0.3) is 0 Å². The van der Waals surface area contributed by atoms with Crippen molar-refractivity contribution in [3.05, 3.63) is 48.6 Å². The quantitative estimate of drug-likeness (QED) is 0.749. The van der Waals surface area contributed by atoms with Gasteiger partial charge >= 0.3 is 0 Å². The summed E-state index contributed by atoms with van der Waals surface area (Å²) in [6.07, 6.45) is 3.26. The molecule has 0 radical (unpaired) electrons. The first-order valence-corrected chi connectivity index (χ1v) is 8.56. The minimum absolute atomic E-state index is 0.0156. The van der Waals surface area contributed by atoms with Crippen LogP contribution in [0.5, 0.6) is 0 Å². The minimum atomic E-state index is -0.168. The van der Waals surface area contributed by atoms with Crippen LogP contribution in [0.25, 0.3) is 0 Å². The molecule has 130 valence electrons. The highest BCUT2D eigenvalue weighted by Crippen LogP contribution is 2.19. The fraction of sp³-hybridized carbons (Fsp3) is 0.474. The zero-order chi connectivity index (χ0) is 17.4. The van der Waals surface area contributed by atoms with Crippen LogP contribution in [0.2, 0.25) is 0 Å². The van der Waals surface area contributed by atoms with Gasteiger partial charge in [0, 0.05) is 19.0 Å². The summed E-state index contributed by atoms with van der Waals surface area (Å²) in [6, 6.07) is 9.75. The summed E-state index contributed by atoms with van der Waals surface area (Å²) in [6.45, 7) is 8.11. The van der Waals surface area contributed by atoms with Crippen LogP contribution >= 0.6 is 0 Å². The van der Waals surface area contributed by atoms with Crippen LogP contribution in [0.15, 0.2) is 43.0 Å². The summed E-state index contributed by atoms with van der Waals surface area (Å²) < 4.78 is 0. The van der Waals surface area contributed by atoms with E-state index in [0.717, 1.165) is 31.5 Å². The van der Waals surface area contributed by atoms with Gasteiger partial charge in [0.1, 0.15) is 0 Å². The lowest BCUT2D eigenvalue weighted by Gasteiger charge is -2.34. The van der Waals surface area contributed by atoms with E-state index in [1.165, 1.54) is 0 Å². The lowest BCUT2D eigenvalue weighted by molar-refractivity contribution is -0.128. The maximum atomic E-state index is 12.3. The molecule has 1 aliphatic heterocycles. The molecule has 1 atom stereocenters. The Morgan fingerprint density at radius 2 is 1.92 bits per heavy atom. The van der Waals surface area contributed by atoms with E-state index in [9.17, 15) is 9.59 Å². The monoisotopic (exact) mass is 329 g/mol. The predicted octanol–water partition coefficient (Wildman–Crippen LogP) is 1.71. The molecule has 0 aliphatic carbocycles. The van der Waals surface area contributed by atoms with E-state index < -0.39 is 0 Å². The van der Waals surface area contributed by atoms with Crippen molar-refractivity contribution in [3.63, 3.8) is 0 Å². The molecule has 1 aromatic carbocycles. The molecule has 2 rings (SSSR count). The van der Waals surface area contributed by atoms with Crippen LogP contribution in [-0.2, 0) is 16.1 Å². The van der Waals surface area contributed by atoms with Crippen LogP contribution in [-0.4, -0.2) is 42.4 Å². The van der Waals surface area contributed by atoms with Gasteiger partial charge in [0.15, 0.2) is 0 Å². The minimum Gasteiger partial charge on any atom is -0.352 e. The fourth-order valence-electron chi connectivity index (χ4n) is 2.96. The van der Waals surface area contributed by atoms with E-state index in [1.54, 1.807) is 6.08 Å². The molecule has 1 heterocycles. The van der Waals surface area contributed by atoms with Crippen LogP contribution in [0.1, 0.15) is 25.3 Å². The second-order valence-corrected chi connectivity index (χ2v) is 6.22. The Balaban J connectivity index is 1.74. The first-order chi connectivity index (χ1) is 11.6. The van der Waals surface area contributed by atoms with Crippen molar-refractivity contribution in [2.24, 2.45) is 5.92 Å². The van der Waals surface area contributed by atoms with Crippen LogP contribution in [0.4, 0.5) is 0 Å². The van der Waals surface area contributed by atoms with Gasteiger partial charge in [0.05, 0.1) is 6.04 Å². The lowest BCUT2D eigenvalue weighted by Crippen LogP contribution is -2.49. The summed E-state index contributed by atoms with van der Waals surface area (Å²) in [7, 11) is 0. The van der Waals surface area contributed by atoms with Crippen molar-refractivity contribution in [2.75, 3.05) is 19.6 Å². The van der Waals surface area contributed by atoms with Crippen molar-refractivity contribution in [2.45, 2.75) is 32.4 Å². The van der Waals surface area contributed by atoms with Gasteiger partial charge in [0.2, 0.25) is 11.8 Å². The highest BCUT2D eigenvalue weighted by molar-refractivity contribution is 5.81. The number of hydrogen-bond donors (Lipinski definition) is 2. The molecule has 1 aliphatic rings. The van der Waals surface area contributed by atoms with E-state index >= 15 is 0 Å². The number of piperidine rings is 1. The Morgan fingerprint density at radius 1 is 1.25 bits per heavy atom. The molecule has 5 heteroatoms. The van der Waals surface area contributed by atoms with Gasteiger partial charge in [-0.05, 0) is 38.4 Å². The molecule has 1 saturated heterocycles. The van der Waals surface area contributed by atoms with Gasteiger partial charge in [-0.25, -0.2) is 0 Å². The van der Waals surface area contributed by atoms with E-state index in [1.807, 2.05) is 37.3 Å². The SMILES string of the molecule is C=CCNC(=O)C(C)N1CCC(C(=O)NCc2ccccc2)CC1. The smallest absolute Gasteiger partial charge is 0.237 e. The summed E-state index contributed by atoms with van der Waals surface area (Å²) in [4.78, 5) is 26.4. The van der Waals surface area contributed by atoms with Crippen molar-refractivity contribution < 1.29 is 9.59 Å². The molecule has 0 aromatic heterocycles. The zero-order valence-corrected chi connectivity index (χ0v) is 14.3. The summed E-state index contributed by atoms with van der Waals surface area (Å²) in [5, 5.41) is 5.84. The van der Waals surface area contributed by atoms with Gasteiger partial charge in [-0.3, -0.25) is 14.5 Å². The van der Waals surface area contributed by atoms with E-state index in [4.69, 9.17) is 0 Å². The molecule has 1 unspecified atom stereocenters. The molecule has 0 bridgehead atoms. The van der Waals surface area contributed by atoms with E-state index in [2.05, 4.69) is 22.1 Å². The van der Waals surface area contributed by atoms with Gasteiger partial charge in [-0.2, -0.15) is 0 Å². The number of carbonyl (C=O) groups excluding carboxylic acids is 2. The van der Waals surface area contributed by atoms with Crippen LogP contribution < -0.4 is 10.6 Å². The number of benzene rings is 1. The van der Waals surface area contributed by atoms with Gasteiger partial charge in [-0.1, -0.05) is 36.4 Å². The molecular formula is C19H27N3O2. The number of rotatable bonds is 7. The van der Waals surface area contributed by atoms with Crippen molar-refractivity contribution in [3.8, 4) is 0 Å². The fourth-order valence-corrected chi connectivity index (χ4v) is 2.96. The lowest BCUT2D eigenvalue weighted by atomic mass is 9.95. The number of likely N-dealkylation sites (tertiary alicyclic amines) is 1. The van der Waals surface area contributed by atoms with E-state index in [-0.39, 0.29) is 23.8 Å². The second kappa shape index (κ2) is 9.23. The Hall–Kier alpha value is -2.14. The molecular weight excluding hydrogens is 302 g/mol. The average molecular weight is 329 g/mol. The Kier molecular flexibility index (Phi) is 7.00. The molecule has 2 N–H and O–H groups in total. The third-order valence-corrected chi connectivity index (χ3v) is 4.56. The third kappa shape index (κ3) is 5.20. The standard InChI is InChI=1S/C19H27N3O2/c1-3-11-20-18(23)15(2)22-12-9-17(10-13-22)19(24)21-14-16-7-5-4-6-8-16/h3-8,15,17H,1,9-14H2,2H3,(H,20,23)(H,21,24). The Morgan fingerprint density at radius 3 is 2.54 bits per heavy atom. The van der Waals surface area contributed by atoms with Crippen LogP contribution in [0, 0.1) is 5.92 Å². The Bertz CT molecular complexity index is 551. The first-order valence-electron chi connectivity index (χ1n) is 8.56. The molecule has 1 aromatic rings. The predicted molar refractivity (Wildman–Crippen MR) is 95.3 cm³/mol. The molecule has 1 fully saturated rings. The maximum absolute atomic E-state index is 12.3. The molecule has 2 amide bonds. The van der Waals surface area contributed by atoms with Gasteiger partial charge < -0.3 is 10.6 Å². The second-order valence-electron chi connectivity index (χ2n) is 6.22. The average Bonchev–Trinajstić information content (AvgIpc) is 2.64. The largest absolute Gasteiger partial charge is 0.352 e. The topological polar surface area (TPSA) is 61.4 Å². The maximum Gasteiger partial charge on any atom is 0.237 e. The van der Waals surface area contributed by atoms with Crippen molar-refractivity contribution >= 4 is 11.8 Å². The summed E-state index contributed by atoms with van der Waals surface area (Å²) >= 11 is 0. The van der Waals surface area contributed by atoms with Crippen molar-refractivity contribution in [1.29, 1.82) is 0 Å². The number of carbonyl (C=O) groups is 2. The molecule has 0 spiro atoms. The summed E-state index contributed by atoms with van der Waals surface area (Å²) in [5.74, 6) is 0.164. The number of nitrogens with zero attached hydrogens (tertiary/aromatic N) is 1. The number of hydrogen-bond acceptors (Lipinski definition) is 3. The highest BCUT2D eigenvalue weighted by atomic mass is 16.2. The third-order valence-electron chi connectivity index (χ3n) is 4.56. The number of nitrogens with one attached hydrogen (secondary N) is 2. The van der Waals surface area contributed by atoms with Crippen LogP contribution in [0.3, 0.4) is 0 Å². The number of amides is 2. The van der Waals surface area contributed by atoms with Gasteiger partial charge in [-0.15, -0.1) is 6.58 Å². The zero-order valence-electron chi connectivity index (χ0n) is 14.3.